The van der Waals surface area contributed by atoms with E-state index in [1.807, 2.05) is 12.3 Å². The summed E-state index contributed by atoms with van der Waals surface area (Å²) in [6.07, 6.45) is 5.77. The van der Waals surface area contributed by atoms with Crippen LogP contribution >= 0.6 is 22.9 Å². The molecule has 5 heteroatoms. The van der Waals surface area contributed by atoms with Gasteiger partial charge >= 0.3 is 0 Å². The highest BCUT2D eigenvalue weighted by atomic mass is 35.5. The van der Waals surface area contributed by atoms with Crippen LogP contribution in [0.1, 0.15) is 29.7 Å². The third-order valence-electron chi connectivity index (χ3n) is 6.04. The molecule has 1 aromatic carbocycles. The second-order valence-electron chi connectivity index (χ2n) is 7.77. The van der Waals surface area contributed by atoms with Crippen molar-refractivity contribution in [2.24, 2.45) is 11.8 Å². The molecule has 1 fully saturated rings. The van der Waals surface area contributed by atoms with Crippen molar-refractivity contribution < 1.29 is 9.50 Å². The zero-order chi connectivity index (χ0) is 19.5. The number of benzene rings is 1. The third kappa shape index (κ3) is 4.24. The average Bonchev–Trinajstić information content (AvgIpc) is 3.30. The van der Waals surface area contributed by atoms with Gasteiger partial charge in [0.05, 0.1) is 11.5 Å². The highest BCUT2D eigenvalue weighted by Gasteiger charge is 2.48. The molecule has 148 valence electrons. The van der Waals surface area contributed by atoms with Crippen LogP contribution in [0.5, 0.6) is 0 Å². The standard InChI is InChI=1S/C23H25ClFNOS/c24-21-19(9-7-15-6-8-17-14-26-11-10-16(17)13-15)20(23(27)22(21)25)5-1-3-18-4-2-12-28-18/h2,4,6,8,10-14,19-23,27H,1,3,5,7,9H2/t19-,20-,21?,22?,23?/m1/s1. The number of aryl methyl sites for hydroxylation is 2. The molecule has 0 bridgehead atoms. The van der Waals surface area contributed by atoms with Crippen LogP contribution in [-0.2, 0) is 12.8 Å². The summed E-state index contributed by atoms with van der Waals surface area (Å²) in [4.78, 5) is 5.49. The van der Waals surface area contributed by atoms with Crippen LogP contribution in [0.2, 0.25) is 0 Å². The normalized spacial score (nSPS) is 27.5. The van der Waals surface area contributed by atoms with Gasteiger partial charge < -0.3 is 5.11 Å². The van der Waals surface area contributed by atoms with Gasteiger partial charge in [-0.2, -0.15) is 0 Å². The molecule has 1 saturated carbocycles. The Morgan fingerprint density at radius 3 is 2.79 bits per heavy atom. The van der Waals surface area contributed by atoms with Crippen molar-refractivity contribution >= 4 is 33.7 Å². The minimum atomic E-state index is -1.33. The minimum Gasteiger partial charge on any atom is -0.390 e. The lowest BCUT2D eigenvalue weighted by Gasteiger charge is -2.23. The van der Waals surface area contributed by atoms with E-state index in [9.17, 15) is 9.50 Å². The molecule has 0 spiro atoms. The predicted molar refractivity (Wildman–Crippen MR) is 115 cm³/mol. The Labute approximate surface area is 174 Å². The number of nitrogens with zero attached hydrogens (tertiary/aromatic N) is 1. The smallest absolute Gasteiger partial charge is 0.143 e. The quantitative estimate of drug-likeness (QED) is 0.492. The van der Waals surface area contributed by atoms with E-state index in [4.69, 9.17) is 11.6 Å². The Hall–Kier alpha value is -1.49. The van der Waals surface area contributed by atoms with Crippen molar-refractivity contribution in [3.8, 4) is 0 Å². The molecule has 3 aromatic rings. The van der Waals surface area contributed by atoms with Crippen LogP contribution in [0.25, 0.3) is 10.8 Å². The SMILES string of the molecule is OC1C(F)C(Cl)[C@H](CCc2ccc3cnccc3c2)[C@H]1CCCc1cccs1. The maximum Gasteiger partial charge on any atom is 0.143 e. The molecule has 4 rings (SSSR count). The molecule has 0 aliphatic heterocycles. The Bertz CT molecular complexity index is 903. The topological polar surface area (TPSA) is 33.1 Å². The molecular weight excluding hydrogens is 393 g/mol. The van der Waals surface area contributed by atoms with Gasteiger partial charge in [0, 0.05) is 22.7 Å². The Kier molecular flexibility index (Phi) is 6.29. The number of hydrogen-bond donors (Lipinski definition) is 1. The average molecular weight is 418 g/mol. The van der Waals surface area contributed by atoms with Crippen molar-refractivity contribution in [3.05, 3.63) is 64.6 Å². The van der Waals surface area contributed by atoms with E-state index in [-0.39, 0.29) is 11.8 Å². The maximum absolute atomic E-state index is 14.5. The Balaban J connectivity index is 1.40. The van der Waals surface area contributed by atoms with Gasteiger partial charge in [-0.1, -0.05) is 24.3 Å². The number of aromatic nitrogens is 1. The number of pyridine rings is 1. The number of rotatable bonds is 7. The second kappa shape index (κ2) is 8.89. The van der Waals surface area contributed by atoms with Gasteiger partial charge in [0.25, 0.3) is 0 Å². The highest BCUT2D eigenvalue weighted by molar-refractivity contribution is 7.09. The van der Waals surface area contributed by atoms with Crippen molar-refractivity contribution in [1.29, 1.82) is 0 Å². The predicted octanol–water partition coefficient (Wildman–Crippen LogP) is 5.80. The number of hydrogen-bond acceptors (Lipinski definition) is 3. The first kappa shape index (κ1) is 19.8. The molecule has 1 aliphatic carbocycles. The van der Waals surface area contributed by atoms with E-state index in [2.05, 4.69) is 40.7 Å². The molecule has 0 saturated heterocycles. The van der Waals surface area contributed by atoms with Gasteiger partial charge in [-0.3, -0.25) is 4.98 Å². The molecule has 1 aliphatic rings. The molecule has 28 heavy (non-hydrogen) atoms. The highest BCUT2D eigenvalue weighted by Crippen LogP contribution is 2.43. The van der Waals surface area contributed by atoms with Gasteiger partial charge in [-0.15, -0.1) is 22.9 Å². The molecule has 5 atom stereocenters. The first-order chi connectivity index (χ1) is 13.6. The third-order valence-corrected chi connectivity index (χ3v) is 7.54. The van der Waals surface area contributed by atoms with E-state index in [0.717, 1.165) is 42.9 Å². The number of aliphatic hydroxyl groups excluding tert-OH is 1. The largest absolute Gasteiger partial charge is 0.390 e. The fourth-order valence-corrected chi connectivity index (χ4v) is 5.71. The van der Waals surface area contributed by atoms with Crippen molar-refractivity contribution in [1.82, 2.24) is 4.98 Å². The van der Waals surface area contributed by atoms with Crippen LogP contribution in [0.15, 0.2) is 54.2 Å². The first-order valence-electron chi connectivity index (χ1n) is 9.95. The zero-order valence-electron chi connectivity index (χ0n) is 15.7. The van der Waals surface area contributed by atoms with Crippen molar-refractivity contribution in [2.45, 2.75) is 49.8 Å². The lowest BCUT2D eigenvalue weighted by atomic mass is 9.85. The van der Waals surface area contributed by atoms with E-state index in [1.54, 1.807) is 17.5 Å². The number of aliphatic hydroxyl groups is 1. The van der Waals surface area contributed by atoms with Gasteiger partial charge in [0.2, 0.25) is 0 Å². The first-order valence-corrected chi connectivity index (χ1v) is 11.3. The summed E-state index contributed by atoms with van der Waals surface area (Å²) in [5.41, 5.74) is 1.22. The maximum atomic E-state index is 14.5. The van der Waals surface area contributed by atoms with Crippen molar-refractivity contribution in [3.63, 3.8) is 0 Å². The van der Waals surface area contributed by atoms with E-state index < -0.39 is 17.7 Å². The fraction of sp³-hybridized carbons (Fsp3) is 0.435. The van der Waals surface area contributed by atoms with E-state index in [0.29, 0.717) is 0 Å². The van der Waals surface area contributed by atoms with Crippen LogP contribution < -0.4 is 0 Å². The summed E-state index contributed by atoms with van der Waals surface area (Å²) in [6, 6.07) is 12.6. The molecule has 2 nitrogen and oxygen atoms in total. The van der Waals surface area contributed by atoms with Gasteiger partial charge in [-0.05, 0) is 72.4 Å². The number of thiophene rings is 1. The van der Waals surface area contributed by atoms with Crippen LogP contribution in [0, 0.1) is 11.8 Å². The monoisotopic (exact) mass is 417 g/mol. The van der Waals surface area contributed by atoms with E-state index in [1.165, 1.54) is 10.4 Å². The molecular formula is C23H25ClFNOS. The Morgan fingerprint density at radius 1 is 1.07 bits per heavy atom. The van der Waals surface area contributed by atoms with Crippen LogP contribution in [0.3, 0.4) is 0 Å². The molecule has 2 heterocycles. The molecule has 0 radical (unpaired) electrons. The summed E-state index contributed by atoms with van der Waals surface area (Å²) in [5, 5.41) is 14.2. The number of fused-ring (bicyclic) bond motifs is 1. The molecule has 1 N–H and O–H groups in total. The fourth-order valence-electron chi connectivity index (χ4n) is 4.50. The molecule has 2 aromatic heterocycles. The molecule has 0 amide bonds. The summed E-state index contributed by atoms with van der Waals surface area (Å²) in [5.74, 6) is -0.0646. The van der Waals surface area contributed by atoms with E-state index >= 15 is 0 Å². The Morgan fingerprint density at radius 2 is 1.96 bits per heavy atom. The van der Waals surface area contributed by atoms with Crippen molar-refractivity contribution in [2.75, 3.05) is 0 Å². The zero-order valence-corrected chi connectivity index (χ0v) is 17.2. The van der Waals surface area contributed by atoms with Gasteiger partial charge in [-0.25, -0.2) is 4.39 Å². The number of alkyl halides is 2. The van der Waals surface area contributed by atoms with Crippen LogP contribution in [0.4, 0.5) is 4.39 Å². The minimum absolute atomic E-state index is 0.00291. The summed E-state index contributed by atoms with van der Waals surface area (Å²) in [6.45, 7) is 0. The van der Waals surface area contributed by atoms with Gasteiger partial charge in [0.15, 0.2) is 0 Å². The summed E-state index contributed by atoms with van der Waals surface area (Å²) >= 11 is 8.17. The lowest BCUT2D eigenvalue weighted by molar-refractivity contribution is 0.0596. The molecule has 3 unspecified atom stereocenters. The van der Waals surface area contributed by atoms with Crippen LogP contribution in [-0.4, -0.2) is 27.7 Å². The summed E-state index contributed by atoms with van der Waals surface area (Å²) in [7, 11) is 0. The summed E-state index contributed by atoms with van der Waals surface area (Å²) < 4.78 is 14.5. The number of halogens is 2. The second-order valence-corrected chi connectivity index (χ2v) is 9.31. The van der Waals surface area contributed by atoms with Gasteiger partial charge in [0.1, 0.15) is 6.17 Å². The lowest BCUT2D eigenvalue weighted by Crippen LogP contribution is -2.24.